The molecule has 1 aromatic carbocycles. The highest BCUT2D eigenvalue weighted by atomic mass is 19.1. The number of nitrogens with one attached hydrogen (secondary N) is 2. The zero-order valence-electron chi connectivity index (χ0n) is 13.1. The first kappa shape index (κ1) is 15.7. The number of pyridine rings is 1. The number of likely N-dealkylation sites (N-methyl/N-ethyl adjacent to an activating group) is 1. The third kappa shape index (κ3) is 3.12. The van der Waals surface area contributed by atoms with Gasteiger partial charge in [-0.1, -0.05) is 12.5 Å². The van der Waals surface area contributed by atoms with Crippen LogP contribution in [0.15, 0.2) is 29.1 Å². The lowest BCUT2D eigenvalue weighted by atomic mass is 10.0. The number of hydrogen-bond acceptors (Lipinski definition) is 3. The number of nitrogens with zero attached hydrogens (tertiary/aromatic N) is 1. The molecule has 1 fully saturated rings. The van der Waals surface area contributed by atoms with Crippen molar-refractivity contribution in [3.63, 3.8) is 0 Å². The van der Waals surface area contributed by atoms with Gasteiger partial charge in [-0.25, -0.2) is 4.39 Å². The van der Waals surface area contributed by atoms with Crippen LogP contribution in [0.5, 0.6) is 0 Å². The van der Waals surface area contributed by atoms with Crippen LogP contribution in [-0.2, 0) is 11.3 Å². The fourth-order valence-electron chi connectivity index (χ4n) is 3.24. The molecule has 2 aromatic rings. The topological polar surface area (TPSA) is 65.2 Å². The van der Waals surface area contributed by atoms with Crippen molar-refractivity contribution in [1.29, 1.82) is 0 Å². The molecule has 6 heteroatoms. The molecule has 5 nitrogen and oxygen atoms in total. The van der Waals surface area contributed by atoms with Crippen LogP contribution in [0.25, 0.3) is 10.9 Å². The lowest BCUT2D eigenvalue weighted by Crippen LogP contribution is -2.48. The number of para-hydroxylation sites is 1. The molecule has 1 saturated heterocycles. The summed E-state index contributed by atoms with van der Waals surface area (Å²) in [4.78, 5) is 29.3. The van der Waals surface area contributed by atoms with Crippen LogP contribution in [0.1, 0.15) is 25.0 Å². The Morgan fingerprint density at radius 3 is 3.04 bits per heavy atom. The summed E-state index contributed by atoms with van der Waals surface area (Å²) in [7, 11) is 1.63. The molecular formula is C17H20FN3O2. The van der Waals surface area contributed by atoms with E-state index in [1.165, 1.54) is 18.2 Å². The van der Waals surface area contributed by atoms with Crippen molar-refractivity contribution in [3.8, 4) is 0 Å². The molecule has 23 heavy (non-hydrogen) atoms. The molecule has 0 spiro atoms. The van der Waals surface area contributed by atoms with E-state index in [9.17, 15) is 14.0 Å². The fraction of sp³-hybridized carbons (Fsp3) is 0.412. The maximum absolute atomic E-state index is 13.9. The number of piperidine rings is 1. The summed E-state index contributed by atoms with van der Waals surface area (Å²) < 4.78 is 13.9. The van der Waals surface area contributed by atoms with E-state index in [-0.39, 0.29) is 22.9 Å². The van der Waals surface area contributed by atoms with Gasteiger partial charge in [0, 0.05) is 30.7 Å². The number of carbonyl (C=O) groups excluding carboxylic acids is 1. The van der Waals surface area contributed by atoms with Gasteiger partial charge in [0.15, 0.2) is 5.43 Å². The fourth-order valence-corrected chi connectivity index (χ4v) is 3.24. The van der Waals surface area contributed by atoms with Crippen molar-refractivity contribution in [2.75, 3.05) is 13.6 Å². The van der Waals surface area contributed by atoms with E-state index >= 15 is 0 Å². The molecule has 2 N–H and O–H groups in total. The minimum atomic E-state index is -0.442. The lowest BCUT2D eigenvalue weighted by Gasteiger charge is -2.34. The molecule has 1 aliphatic rings. The SMILES string of the molecule is CNC(=O)[C@H]1CCCCN1Cc1cc(=O)c2cccc(F)c2[nH]1. The Morgan fingerprint density at radius 2 is 2.26 bits per heavy atom. The highest BCUT2D eigenvalue weighted by molar-refractivity contribution is 5.81. The quantitative estimate of drug-likeness (QED) is 0.907. The normalized spacial score (nSPS) is 19.0. The summed E-state index contributed by atoms with van der Waals surface area (Å²) in [6, 6.07) is 5.76. The first-order chi connectivity index (χ1) is 11.1. The van der Waals surface area contributed by atoms with Crippen molar-refractivity contribution in [2.24, 2.45) is 0 Å². The smallest absolute Gasteiger partial charge is 0.237 e. The third-order valence-electron chi connectivity index (χ3n) is 4.41. The van der Waals surface area contributed by atoms with E-state index in [1.54, 1.807) is 13.1 Å². The molecule has 1 aromatic heterocycles. The Hall–Kier alpha value is -2.21. The van der Waals surface area contributed by atoms with Crippen LogP contribution < -0.4 is 10.7 Å². The summed E-state index contributed by atoms with van der Waals surface area (Å²) in [5.41, 5.74) is 0.647. The van der Waals surface area contributed by atoms with Gasteiger partial charge < -0.3 is 10.3 Å². The molecule has 0 saturated carbocycles. The lowest BCUT2D eigenvalue weighted by molar-refractivity contribution is -0.127. The van der Waals surface area contributed by atoms with Gasteiger partial charge in [0.1, 0.15) is 5.82 Å². The molecule has 1 amide bonds. The predicted molar refractivity (Wildman–Crippen MR) is 86.6 cm³/mol. The molecule has 122 valence electrons. The molecule has 1 atom stereocenters. The first-order valence-corrected chi connectivity index (χ1v) is 7.86. The Balaban J connectivity index is 1.92. The number of halogens is 1. The average molecular weight is 317 g/mol. The molecule has 0 bridgehead atoms. The van der Waals surface area contributed by atoms with Crippen molar-refractivity contribution in [1.82, 2.24) is 15.2 Å². The van der Waals surface area contributed by atoms with Gasteiger partial charge in [0.05, 0.1) is 11.6 Å². The summed E-state index contributed by atoms with van der Waals surface area (Å²) >= 11 is 0. The largest absolute Gasteiger partial charge is 0.358 e. The first-order valence-electron chi connectivity index (χ1n) is 7.86. The van der Waals surface area contributed by atoms with E-state index in [2.05, 4.69) is 10.3 Å². The summed E-state index contributed by atoms with van der Waals surface area (Å²) in [5.74, 6) is -0.457. The van der Waals surface area contributed by atoms with E-state index < -0.39 is 5.82 Å². The van der Waals surface area contributed by atoms with Gasteiger partial charge >= 0.3 is 0 Å². The number of carbonyl (C=O) groups is 1. The van der Waals surface area contributed by atoms with Crippen LogP contribution in [0.2, 0.25) is 0 Å². The van der Waals surface area contributed by atoms with Gasteiger partial charge in [-0.3, -0.25) is 14.5 Å². The van der Waals surface area contributed by atoms with Crippen molar-refractivity contribution in [2.45, 2.75) is 31.8 Å². The zero-order chi connectivity index (χ0) is 16.4. The standard InChI is InChI=1S/C17H20FN3O2/c1-19-17(23)14-7-2-3-8-21(14)10-11-9-15(22)12-5-4-6-13(18)16(12)20-11/h4-6,9,14H,2-3,7-8,10H2,1H3,(H,19,23)(H,20,22)/t14-/m1/s1. The number of likely N-dealkylation sites (tertiary alicyclic amines) is 1. The number of H-pyrrole nitrogens is 1. The van der Waals surface area contributed by atoms with Crippen molar-refractivity contribution in [3.05, 3.63) is 46.0 Å². The van der Waals surface area contributed by atoms with Crippen LogP contribution in [0.3, 0.4) is 0 Å². The Morgan fingerprint density at radius 1 is 1.43 bits per heavy atom. The van der Waals surface area contributed by atoms with Crippen LogP contribution in [-0.4, -0.2) is 35.4 Å². The second kappa shape index (κ2) is 6.50. The average Bonchev–Trinajstić information content (AvgIpc) is 2.56. The van der Waals surface area contributed by atoms with E-state index in [0.29, 0.717) is 17.6 Å². The zero-order valence-corrected chi connectivity index (χ0v) is 13.1. The summed E-state index contributed by atoms with van der Waals surface area (Å²) in [5, 5.41) is 3.03. The minimum absolute atomic E-state index is 0.0148. The van der Waals surface area contributed by atoms with E-state index in [4.69, 9.17) is 0 Å². The molecular weight excluding hydrogens is 297 g/mol. The highest BCUT2D eigenvalue weighted by Gasteiger charge is 2.28. The number of fused-ring (bicyclic) bond motifs is 1. The van der Waals surface area contributed by atoms with Crippen LogP contribution >= 0.6 is 0 Å². The Bertz CT molecular complexity index is 787. The Labute approximate surface area is 133 Å². The monoisotopic (exact) mass is 317 g/mol. The molecule has 3 rings (SSSR count). The van der Waals surface area contributed by atoms with Gasteiger partial charge in [-0.2, -0.15) is 0 Å². The van der Waals surface area contributed by atoms with Crippen LogP contribution in [0.4, 0.5) is 4.39 Å². The second-order valence-corrected chi connectivity index (χ2v) is 5.92. The van der Waals surface area contributed by atoms with Gasteiger partial charge in [0.2, 0.25) is 5.91 Å². The second-order valence-electron chi connectivity index (χ2n) is 5.92. The summed E-state index contributed by atoms with van der Waals surface area (Å²) in [6.45, 7) is 1.22. The van der Waals surface area contributed by atoms with Gasteiger partial charge in [-0.15, -0.1) is 0 Å². The molecule has 0 unspecified atom stereocenters. The molecule has 0 radical (unpaired) electrons. The maximum Gasteiger partial charge on any atom is 0.237 e. The molecule has 2 heterocycles. The number of rotatable bonds is 3. The minimum Gasteiger partial charge on any atom is -0.358 e. The highest BCUT2D eigenvalue weighted by Crippen LogP contribution is 2.20. The van der Waals surface area contributed by atoms with Crippen molar-refractivity contribution < 1.29 is 9.18 Å². The third-order valence-corrected chi connectivity index (χ3v) is 4.41. The molecule has 1 aliphatic heterocycles. The number of hydrogen-bond donors (Lipinski definition) is 2. The van der Waals surface area contributed by atoms with E-state index in [1.807, 2.05) is 4.90 Å². The van der Waals surface area contributed by atoms with Gasteiger partial charge in [0.25, 0.3) is 0 Å². The number of aromatic amines is 1. The summed E-state index contributed by atoms with van der Waals surface area (Å²) in [6.07, 6.45) is 2.82. The van der Waals surface area contributed by atoms with Crippen LogP contribution in [0, 0.1) is 5.82 Å². The van der Waals surface area contributed by atoms with Crippen molar-refractivity contribution >= 4 is 16.8 Å². The van der Waals surface area contributed by atoms with Gasteiger partial charge in [-0.05, 0) is 31.5 Å². The predicted octanol–water partition coefficient (Wildman–Crippen LogP) is 1.77. The number of benzene rings is 1. The van der Waals surface area contributed by atoms with E-state index in [0.717, 1.165) is 25.8 Å². The maximum atomic E-state index is 13.9. The number of amides is 1. The Kier molecular flexibility index (Phi) is 4.43. The number of aromatic nitrogens is 1. The molecule has 0 aliphatic carbocycles.